The highest BCUT2D eigenvalue weighted by Crippen LogP contribution is 2.30. The molecule has 0 spiro atoms. The van der Waals surface area contributed by atoms with Crippen LogP contribution in [0.5, 0.6) is 5.75 Å². The highest BCUT2D eigenvalue weighted by Gasteiger charge is 2.11. The van der Waals surface area contributed by atoms with Crippen molar-refractivity contribution in [2.45, 2.75) is 0 Å². The molecule has 7 heteroatoms. The van der Waals surface area contributed by atoms with E-state index in [0.29, 0.717) is 22.3 Å². The minimum absolute atomic E-state index is 0.0809. The fourth-order valence-electron chi connectivity index (χ4n) is 2.43. The predicted octanol–water partition coefficient (Wildman–Crippen LogP) is 0.714. The molecule has 126 valence electrons. The summed E-state index contributed by atoms with van der Waals surface area (Å²) in [4.78, 5) is 26.6. The minimum atomic E-state index is -1.43. The number of carbonyl (C=O) groups is 2. The van der Waals surface area contributed by atoms with E-state index in [-0.39, 0.29) is 16.8 Å². The third-order valence-electron chi connectivity index (χ3n) is 3.68. The van der Waals surface area contributed by atoms with Gasteiger partial charge in [0, 0.05) is 22.8 Å². The van der Waals surface area contributed by atoms with E-state index in [4.69, 9.17) is 4.74 Å². The maximum absolute atomic E-state index is 11.4. The van der Waals surface area contributed by atoms with Crippen LogP contribution in [-0.2, 0) is 0 Å². The summed E-state index contributed by atoms with van der Waals surface area (Å²) in [5.41, 5.74) is 0.959. The van der Waals surface area contributed by atoms with Gasteiger partial charge in [0.05, 0.1) is 30.3 Å². The Balaban J connectivity index is 2.17. The molecule has 2 aromatic carbocycles. The highest BCUT2D eigenvalue weighted by atomic mass is 16.5. The summed E-state index contributed by atoms with van der Waals surface area (Å²) in [5.74, 6) is -2.15. The van der Waals surface area contributed by atoms with Crippen molar-refractivity contribution < 1.29 is 24.5 Å². The number of hydrogen-bond donors (Lipinski definition) is 1. The Morgan fingerprint density at radius 2 is 1.76 bits per heavy atom. The number of aromatic carboxylic acids is 2. The molecule has 0 atom stereocenters. The van der Waals surface area contributed by atoms with Crippen molar-refractivity contribution in [2.75, 3.05) is 12.4 Å². The van der Waals surface area contributed by atoms with E-state index in [1.54, 1.807) is 24.3 Å². The molecule has 0 saturated carbocycles. The molecule has 0 saturated heterocycles. The van der Waals surface area contributed by atoms with Gasteiger partial charge in [0.15, 0.2) is 0 Å². The molecule has 1 heterocycles. The summed E-state index contributed by atoms with van der Waals surface area (Å²) < 4.78 is 5.08. The molecule has 1 N–H and O–H groups in total. The van der Waals surface area contributed by atoms with Gasteiger partial charge in [0.25, 0.3) is 0 Å². The van der Waals surface area contributed by atoms with Crippen LogP contribution in [0.1, 0.15) is 20.7 Å². The van der Waals surface area contributed by atoms with Crippen LogP contribution in [0.3, 0.4) is 0 Å². The van der Waals surface area contributed by atoms with Crippen molar-refractivity contribution in [3.05, 3.63) is 59.8 Å². The topological polar surface area (TPSA) is 114 Å². The van der Waals surface area contributed by atoms with Gasteiger partial charge in [-0.05, 0) is 42.0 Å². The Kier molecular flexibility index (Phi) is 4.21. The molecule has 1 aromatic heterocycles. The van der Waals surface area contributed by atoms with E-state index >= 15 is 0 Å². The molecule has 7 nitrogen and oxygen atoms in total. The zero-order chi connectivity index (χ0) is 18.0. The van der Waals surface area contributed by atoms with Crippen molar-refractivity contribution in [1.82, 2.24) is 4.98 Å². The lowest BCUT2D eigenvalue weighted by atomic mass is 10.1. The number of pyridine rings is 1. The van der Waals surface area contributed by atoms with Crippen LogP contribution < -0.4 is 20.3 Å². The molecule has 0 unspecified atom stereocenters. The number of ether oxygens (including phenoxy) is 1. The average molecular weight is 336 g/mol. The van der Waals surface area contributed by atoms with Crippen molar-refractivity contribution >= 4 is 34.2 Å². The van der Waals surface area contributed by atoms with Gasteiger partial charge in [-0.1, -0.05) is 6.07 Å². The van der Waals surface area contributed by atoms with Crippen molar-refractivity contribution in [2.24, 2.45) is 0 Å². The molecule has 0 aliphatic rings. The van der Waals surface area contributed by atoms with Gasteiger partial charge >= 0.3 is 0 Å². The zero-order valence-corrected chi connectivity index (χ0v) is 13.1. The first-order valence-electron chi connectivity index (χ1n) is 7.26. The van der Waals surface area contributed by atoms with Gasteiger partial charge in [-0.2, -0.15) is 0 Å². The number of carboxylic acid groups (broad SMARTS) is 2. The molecule has 0 amide bonds. The fraction of sp³-hybridized carbons (Fsp3) is 0.0556. The Bertz CT molecular complexity index is 962. The molecule has 0 aliphatic heterocycles. The summed E-state index contributed by atoms with van der Waals surface area (Å²) in [7, 11) is 1.54. The molecule has 0 aliphatic carbocycles. The fourth-order valence-corrected chi connectivity index (χ4v) is 2.43. The van der Waals surface area contributed by atoms with E-state index in [0.717, 1.165) is 0 Å². The van der Waals surface area contributed by atoms with Gasteiger partial charge in [-0.15, -0.1) is 0 Å². The molecule has 0 fully saturated rings. The normalized spacial score (nSPS) is 10.4. The summed E-state index contributed by atoms with van der Waals surface area (Å²) in [6.45, 7) is 0. The SMILES string of the molecule is COc1ccc(Nc2c(C(=O)[O-])cnc3ccc(C(=O)[O-])cc23)cc1. The Morgan fingerprint density at radius 1 is 1.04 bits per heavy atom. The second-order valence-corrected chi connectivity index (χ2v) is 5.21. The van der Waals surface area contributed by atoms with Crippen molar-refractivity contribution in [3.8, 4) is 5.75 Å². The van der Waals surface area contributed by atoms with Crippen LogP contribution in [0, 0.1) is 0 Å². The zero-order valence-electron chi connectivity index (χ0n) is 13.1. The van der Waals surface area contributed by atoms with Gasteiger partial charge in [0.2, 0.25) is 0 Å². The van der Waals surface area contributed by atoms with Crippen LogP contribution in [-0.4, -0.2) is 24.0 Å². The number of nitrogens with one attached hydrogen (secondary N) is 1. The molecule has 0 radical (unpaired) electrons. The number of rotatable bonds is 5. The van der Waals surface area contributed by atoms with Gasteiger partial charge < -0.3 is 29.9 Å². The molecular weight excluding hydrogens is 324 g/mol. The second kappa shape index (κ2) is 6.48. The maximum atomic E-state index is 11.4. The summed E-state index contributed by atoms with van der Waals surface area (Å²) in [6, 6.07) is 11.0. The van der Waals surface area contributed by atoms with Crippen LogP contribution in [0.2, 0.25) is 0 Å². The molecule has 3 aromatic rings. The number of hydrogen-bond acceptors (Lipinski definition) is 7. The van der Waals surface area contributed by atoms with E-state index in [9.17, 15) is 19.8 Å². The number of benzene rings is 2. The van der Waals surface area contributed by atoms with Crippen LogP contribution >= 0.6 is 0 Å². The number of carbonyl (C=O) groups excluding carboxylic acids is 2. The first kappa shape index (κ1) is 16.3. The quantitative estimate of drug-likeness (QED) is 0.730. The number of methoxy groups -OCH3 is 1. The molecule has 3 rings (SSSR count). The summed E-state index contributed by atoms with van der Waals surface area (Å²) >= 11 is 0. The lowest BCUT2D eigenvalue weighted by Gasteiger charge is -2.16. The second-order valence-electron chi connectivity index (χ2n) is 5.21. The van der Waals surface area contributed by atoms with E-state index in [1.165, 1.54) is 31.5 Å². The highest BCUT2D eigenvalue weighted by molar-refractivity contribution is 6.06. The number of aromatic nitrogens is 1. The molecular formula is C18H12N2O5-2. The van der Waals surface area contributed by atoms with Crippen molar-refractivity contribution in [1.29, 1.82) is 0 Å². The molecule has 25 heavy (non-hydrogen) atoms. The molecule has 0 bridgehead atoms. The minimum Gasteiger partial charge on any atom is -0.545 e. The standard InChI is InChI=1S/C18H14N2O5/c1-25-12-5-3-11(4-6-12)20-16-13-8-10(17(21)22)2-7-15(13)19-9-14(16)18(23)24/h2-9H,1H3,(H,19,20)(H,21,22)(H,23,24)/p-2. The van der Waals surface area contributed by atoms with Gasteiger partial charge in [0.1, 0.15) is 5.75 Å². The van der Waals surface area contributed by atoms with Crippen LogP contribution in [0.15, 0.2) is 48.7 Å². The smallest absolute Gasteiger partial charge is 0.119 e. The third-order valence-corrected chi connectivity index (χ3v) is 3.68. The summed E-state index contributed by atoms with van der Waals surface area (Å²) in [5, 5.41) is 25.9. The van der Waals surface area contributed by atoms with Gasteiger partial charge in [-0.25, -0.2) is 0 Å². The lowest BCUT2D eigenvalue weighted by Crippen LogP contribution is -2.24. The number of fused-ring (bicyclic) bond motifs is 1. The van der Waals surface area contributed by atoms with Crippen LogP contribution in [0.25, 0.3) is 10.9 Å². The largest absolute Gasteiger partial charge is 0.545 e. The first-order valence-corrected chi connectivity index (χ1v) is 7.26. The van der Waals surface area contributed by atoms with E-state index in [1.807, 2.05) is 0 Å². The van der Waals surface area contributed by atoms with Crippen LogP contribution in [0.4, 0.5) is 11.4 Å². The number of anilines is 2. The predicted molar refractivity (Wildman–Crippen MR) is 86.7 cm³/mol. The average Bonchev–Trinajstić information content (AvgIpc) is 2.61. The van der Waals surface area contributed by atoms with Gasteiger partial charge in [-0.3, -0.25) is 4.98 Å². The monoisotopic (exact) mass is 336 g/mol. The lowest BCUT2D eigenvalue weighted by molar-refractivity contribution is -0.256. The number of nitrogens with zero attached hydrogens (tertiary/aromatic N) is 1. The third kappa shape index (κ3) is 3.20. The Morgan fingerprint density at radius 3 is 2.36 bits per heavy atom. The Labute approximate surface area is 142 Å². The van der Waals surface area contributed by atoms with Crippen molar-refractivity contribution in [3.63, 3.8) is 0 Å². The number of carboxylic acids is 2. The first-order chi connectivity index (χ1) is 12.0. The summed E-state index contributed by atoms with van der Waals surface area (Å²) in [6.07, 6.45) is 1.17. The maximum Gasteiger partial charge on any atom is 0.119 e. The van der Waals surface area contributed by atoms with E-state index < -0.39 is 11.9 Å². The van der Waals surface area contributed by atoms with E-state index in [2.05, 4.69) is 10.3 Å². The Hall–Kier alpha value is -3.61.